The number of hydrogen-bond donors (Lipinski definition) is 2. The quantitative estimate of drug-likeness (QED) is 0.583. The van der Waals surface area contributed by atoms with Crippen LogP contribution in [0.1, 0.15) is 54.4 Å². The smallest absolute Gasteiger partial charge is 0.329 e. The maximum Gasteiger partial charge on any atom is 0.329 e. The number of rotatable bonds is 10. The second kappa shape index (κ2) is 11.4. The molecule has 2 amide bonds. The molecular formula is C22H34N2O5. The summed E-state index contributed by atoms with van der Waals surface area (Å²) in [5, 5.41) is 5.42. The Morgan fingerprint density at radius 2 is 1.66 bits per heavy atom. The van der Waals surface area contributed by atoms with Gasteiger partial charge < -0.3 is 20.1 Å². The lowest BCUT2D eigenvalue weighted by Crippen LogP contribution is -2.55. The number of carbonyl (C=O) groups excluding carboxylic acids is 3. The summed E-state index contributed by atoms with van der Waals surface area (Å²) in [6.45, 7) is 10.7. The van der Waals surface area contributed by atoms with Crippen LogP contribution in [0.3, 0.4) is 0 Å². The first kappa shape index (κ1) is 24.5. The number of para-hydroxylation sites is 1. The predicted octanol–water partition coefficient (Wildman–Crippen LogP) is 2.83. The van der Waals surface area contributed by atoms with E-state index in [1.54, 1.807) is 32.9 Å². The molecule has 0 fully saturated rings. The third kappa shape index (κ3) is 9.45. The normalized spacial score (nSPS) is 13.3. The van der Waals surface area contributed by atoms with E-state index in [0.29, 0.717) is 18.6 Å². The fraction of sp³-hybridized carbons (Fsp3) is 0.591. The van der Waals surface area contributed by atoms with Gasteiger partial charge in [0.1, 0.15) is 23.4 Å². The summed E-state index contributed by atoms with van der Waals surface area (Å²) >= 11 is 0. The van der Waals surface area contributed by atoms with Crippen LogP contribution in [0, 0.1) is 5.92 Å². The molecule has 1 aromatic carbocycles. The van der Waals surface area contributed by atoms with Gasteiger partial charge in [-0.15, -0.1) is 0 Å². The summed E-state index contributed by atoms with van der Waals surface area (Å²) in [6.07, 6.45) is 1.16. The molecule has 0 spiro atoms. The van der Waals surface area contributed by atoms with Gasteiger partial charge in [0.05, 0.1) is 0 Å². The summed E-state index contributed by atoms with van der Waals surface area (Å²) in [5.41, 5.74) is -0.645. The van der Waals surface area contributed by atoms with Crippen LogP contribution in [0.25, 0.3) is 0 Å². The number of esters is 1. The zero-order valence-corrected chi connectivity index (χ0v) is 18.3. The lowest BCUT2D eigenvalue weighted by molar-refractivity contribution is -0.159. The van der Waals surface area contributed by atoms with Crippen LogP contribution in [-0.2, 0) is 19.1 Å². The average molecular weight is 407 g/mol. The monoisotopic (exact) mass is 406 g/mol. The highest BCUT2D eigenvalue weighted by molar-refractivity contribution is 5.91. The Labute approximate surface area is 173 Å². The summed E-state index contributed by atoms with van der Waals surface area (Å²) in [5.74, 6) is -0.906. The largest absolute Gasteiger partial charge is 0.484 e. The molecule has 0 aliphatic carbocycles. The van der Waals surface area contributed by atoms with Gasteiger partial charge in [-0.05, 0) is 45.2 Å². The van der Waals surface area contributed by atoms with Gasteiger partial charge in [-0.2, -0.15) is 0 Å². The van der Waals surface area contributed by atoms with Crippen molar-refractivity contribution in [3.8, 4) is 5.75 Å². The SMILES string of the molecule is CCC[C@H](NC(=O)[C@H](NC(=O)COc1ccccc1)C(C)C)C(=O)OC(C)(C)C. The average Bonchev–Trinajstić information content (AvgIpc) is 2.63. The molecule has 7 nitrogen and oxygen atoms in total. The van der Waals surface area contributed by atoms with Gasteiger partial charge in [-0.3, -0.25) is 9.59 Å². The molecule has 0 aliphatic heterocycles. The third-order valence-corrected chi connectivity index (χ3v) is 3.96. The van der Waals surface area contributed by atoms with Gasteiger partial charge in [-0.1, -0.05) is 45.4 Å². The van der Waals surface area contributed by atoms with Gasteiger partial charge >= 0.3 is 5.97 Å². The van der Waals surface area contributed by atoms with Crippen molar-refractivity contribution >= 4 is 17.8 Å². The molecule has 0 unspecified atom stereocenters. The van der Waals surface area contributed by atoms with E-state index < -0.39 is 35.5 Å². The van der Waals surface area contributed by atoms with E-state index in [4.69, 9.17) is 9.47 Å². The van der Waals surface area contributed by atoms with Crippen molar-refractivity contribution in [1.29, 1.82) is 0 Å². The minimum atomic E-state index is -0.788. The molecule has 2 N–H and O–H groups in total. The Hall–Kier alpha value is -2.57. The molecular weight excluding hydrogens is 372 g/mol. The standard InChI is InChI=1S/C22H34N2O5/c1-7-11-17(21(27)29-22(4,5)6)23-20(26)19(15(2)3)24-18(25)14-28-16-12-9-8-10-13-16/h8-10,12-13,15,17,19H,7,11,14H2,1-6H3,(H,23,26)(H,24,25)/t17-,19+/m0/s1. The Morgan fingerprint density at radius 1 is 1.03 bits per heavy atom. The molecule has 0 radical (unpaired) electrons. The van der Waals surface area contributed by atoms with Crippen molar-refractivity contribution in [3.05, 3.63) is 30.3 Å². The van der Waals surface area contributed by atoms with Crippen molar-refractivity contribution in [3.63, 3.8) is 0 Å². The zero-order valence-electron chi connectivity index (χ0n) is 18.3. The van der Waals surface area contributed by atoms with Crippen LogP contribution in [0.5, 0.6) is 5.75 Å². The van der Waals surface area contributed by atoms with Gasteiger partial charge in [0.2, 0.25) is 5.91 Å². The van der Waals surface area contributed by atoms with Crippen molar-refractivity contribution < 1.29 is 23.9 Å². The van der Waals surface area contributed by atoms with Crippen LogP contribution in [0.15, 0.2) is 30.3 Å². The van der Waals surface area contributed by atoms with Crippen LogP contribution >= 0.6 is 0 Å². The zero-order chi connectivity index (χ0) is 22.0. The molecule has 0 saturated heterocycles. The number of benzene rings is 1. The fourth-order valence-electron chi connectivity index (χ4n) is 2.59. The number of carbonyl (C=O) groups is 3. The molecule has 0 heterocycles. The van der Waals surface area contributed by atoms with Crippen LogP contribution < -0.4 is 15.4 Å². The topological polar surface area (TPSA) is 93.7 Å². The molecule has 0 aromatic heterocycles. The van der Waals surface area contributed by atoms with Gasteiger partial charge in [0.25, 0.3) is 5.91 Å². The number of ether oxygens (including phenoxy) is 2. The van der Waals surface area contributed by atoms with Crippen LogP contribution in [0.2, 0.25) is 0 Å². The lowest BCUT2D eigenvalue weighted by atomic mass is 10.0. The summed E-state index contributed by atoms with van der Waals surface area (Å²) < 4.78 is 10.8. The minimum absolute atomic E-state index is 0.170. The maximum absolute atomic E-state index is 12.8. The van der Waals surface area contributed by atoms with Gasteiger partial charge in [0, 0.05) is 0 Å². The first-order chi connectivity index (χ1) is 13.5. The van der Waals surface area contributed by atoms with Crippen molar-refractivity contribution in [2.45, 2.75) is 72.1 Å². The minimum Gasteiger partial charge on any atom is -0.484 e. The molecule has 29 heavy (non-hydrogen) atoms. The summed E-state index contributed by atoms with van der Waals surface area (Å²) in [4.78, 5) is 37.5. The Kier molecular flexibility index (Phi) is 9.65. The van der Waals surface area contributed by atoms with E-state index in [2.05, 4.69) is 10.6 Å². The van der Waals surface area contributed by atoms with E-state index in [9.17, 15) is 14.4 Å². The van der Waals surface area contributed by atoms with Crippen LogP contribution in [-0.4, -0.2) is 42.1 Å². The van der Waals surface area contributed by atoms with E-state index in [1.165, 1.54) is 0 Å². The molecule has 2 atom stereocenters. The second-order valence-corrected chi connectivity index (χ2v) is 8.27. The fourth-order valence-corrected chi connectivity index (χ4v) is 2.59. The van der Waals surface area contributed by atoms with Crippen molar-refractivity contribution in [1.82, 2.24) is 10.6 Å². The third-order valence-electron chi connectivity index (χ3n) is 3.96. The van der Waals surface area contributed by atoms with E-state index in [-0.39, 0.29) is 12.5 Å². The first-order valence-corrected chi connectivity index (χ1v) is 10.0. The molecule has 0 aliphatic rings. The predicted molar refractivity (Wildman–Crippen MR) is 111 cm³/mol. The maximum atomic E-state index is 12.8. The number of nitrogens with one attached hydrogen (secondary N) is 2. The lowest BCUT2D eigenvalue weighted by Gasteiger charge is -2.27. The highest BCUT2D eigenvalue weighted by Gasteiger charge is 2.30. The van der Waals surface area contributed by atoms with Gasteiger partial charge in [0.15, 0.2) is 6.61 Å². The second-order valence-electron chi connectivity index (χ2n) is 8.27. The summed E-state index contributed by atoms with van der Waals surface area (Å²) in [6, 6.07) is 7.41. The molecule has 0 saturated carbocycles. The van der Waals surface area contributed by atoms with Crippen LogP contribution in [0.4, 0.5) is 0 Å². The number of amides is 2. The van der Waals surface area contributed by atoms with E-state index in [1.807, 2.05) is 39.0 Å². The summed E-state index contributed by atoms with van der Waals surface area (Å²) in [7, 11) is 0. The van der Waals surface area contributed by atoms with E-state index >= 15 is 0 Å². The Bertz CT molecular complexity index is 668. The molecule has 162 valence electrons. The van der Waals surface area contributed by atoms with E-state index in [0.717, 1.165) is 0 Å². The highest BCUT2D eigenvalue weighted by Crippen LogP contribution is 2.12. The first-order valence-electron chi connectivity index (χ1n) is 10.0. The van der Waals surface area contributed by atoms with Crippen molar-refractivity contribution in [2.75, 3.05) is 6.61 Å². The van der Waals surface area contributed by atoms with Crippen molar-refractivity contribution in [2.24, 2.45) is 5.92 Å². The highest BCUT2D eigenvalue weighted by atomic mass is 16.6. The number of hydrogen-bond acceptors (Lipinski definition) is 5. The Balaban J connectivity index is 2.71. The molecule has 7 heteroatoms. The molecule has 1 rings (SSSR count). The Morgan fingerprint density at radius 3 is 2.17 bits per heavy atom. The molecule has 1 aromatic rings. The molecule has 0 bridgehead atoms. The van der Waals surface area contributed by atoms with Gasteiger partial charge in [-0.25, -0.2) is 4.79 Å².